The van der Waals surface area contributed by atoms with Gasteiger partial charge >= 0.3 is 6.01 Å². The minimum absolute atomic E-state index is 0.242. The van der Waals surface area contributed by atoms with Crippen molar-refractivity contribution in [1.29, 1.82) is 0 Å². The van der Waals surface area contributed by atoms with Crippen LogP contribution >= 0.6 is 0 Å². The molecule has 2 aliphatic heterocycles. The van der Waals surface area contributed by atoms with E-state index in [-0.39, 0.29) is 17.9 Å². The summed E-state index contributed by atoms with van der Waals surface area (Å²) in [6.45, 7) is 9.34. The maximum Gasteiger partial charge on any atom is 0.324 e. The second-order valence-electron chi connectivity index (χ2n) is 10.4. The summed E-state index contributed by atoms with van der Waals surface area (Å²) in [5, 5.41) is 4.06. The van der Waals surface area contributed by atoms with Crippen molar-refractivity contribution in [3.63, 3.8) is 0 Å². The molecule has 2 fully saturated rings. The molecule has 0 amide bonds. The average molecular weight is 513 g/mol. The van der Waals surface area contributed by atoms with Gasteiger partial charge in [0.25, 0.3) is 0 Å². The van der Waals surface area contributed by atoms with Gasteiger partial charge in [0.05, 0.1) is 12.3 Å². The molecule has 198 valence electrons. The molecule has 1 aromatic carbocycles. The highest BCUT2D eigenvalue weighted by Gasteiger charge is 2.34. The topological polar surface area (TPSA) is 93.5 Å². The van der Waals surface area contributed by atoms with Crippen LogP contribution in [0, 0.1) is 24.5 Å². The van der Waals surface area contributed by atoms with Crippen molar-refractivity contribution in [3.05, 3.63) is 59.0 Å². The number of halogens is 2. The maximum atomic E-state index is 14.3. The highest BCUT2D eigenvalue weighted by atomic mass is 19.1. The van der Waals surface area contributed by atoms with Gasteiger partial charge in [-0.1, -0.05) is 19.0 Å². The lowest BCUT2D eigenvalue weighted by Gasteiger charge is -2.30. The largest absolute Gasteiger partial charge is 0.491 e. The minimum Gasteiger partial charge on any atom is -0.491 e. The van der Waals surface area contributed by atoms with E-state index >= 15 is 0 Å². The molecule has 0 unspecified atom stereocenters. The first-order valence-electron chi connectivity index (χ1n) is 12.9. The number of nitrogens with two attached hydrogens (primary N) is 1. The van der Waals surface area contributed by atoms with E-state index in [0.717, 1.165) is 61.1 Å². The predicted molar refractivity (Wildman–Crippen MR) is 137 cm³/mol. The van der Waals surface area contributed by atoms with Crippen LogP contribution in [0.1, 0.15) is 55.6 Å². The number of aromatic nitrogens is 3. The number of benzene rings is 1. The number of ether oxygens (including phenoxy) is 1. The quantitative estimate of drug-likeness (QED) is 0.498. The maximum absolute atomic E-state index is 14.3. The Balaban J connectivity index is 1.15. The summed E-state index contributed by atoms with van der Waals surface area (Å²) < 4.78 is 39.6. The second-order valence-corrected chi connectivity index (χ2v) is 10.4. The first-order valence-corrected chi connectivity index (χ1v) is 12.9. The lowest BCUT2D eigenvalue weighted by atomic mass is 9.94. The molecule has 3 aromatic rings. The molecule has 0 spiro atoms. The molecule has 0 radical (unpaired) electrons. The molecule has 2 saturated heterocycles. The zero-order valence-electron chi connectivity index (χ0n) is 21.5. The zero-order valence-corrected chi connectivity index (χ0v) is 21.5. The van der Waals surface area contributed by atoms with E-state index in [4.69, 9.17) is 20.0 Å². The van der Waals surface area contributed by atoms with E-state index in [2.05, 4.69) is 15.0 Å². The van der Waals surface area contributed by atoms with E-state index in [0.29, 0.717) is 37.2 Å². The van der Waals surface area contributed by atoms with Gasteiger partial charge in [0.1, 0.15) is 23.2 Å². The number of aryl methyl sites for hydroxylation is 1. The van der Waals surface area contributed by atoms with Crippen molar-refractivity contribution in [2.24, 2.45) is 11.7 Å². The zero-order chi connectivity index (χ0) is 26.1. The SMILES string of the molecule is Cc1nc(N2C[C@H](c3cc(F)ccc3F)[C@@H](N)C2)ccc1OCC1CCN(c2nc(C(C)C)no2)CC1. The lowest BCUT2D eigenvalue weighted by molar-refractivity contribution is 0.218. The van der Waals surface area contributed by atoms with Crippen LogP contribution in [-0.4, -0.2) is 54.0 Å². The van der Waals surface area contributed by atoms with Gasteiger partial charge in [-0.15, -0.1) is 0 Å². The Morgan fingerprint density at radius 2 is 1.86 bits per heavy atom. The third-order valence-electron chi connectivity index (χ3n) is 7.38. The Hall–Kier alpha value is -3.27. The Morgan fingerprint density at radius 3 is 2.57 bits per heavy atom. The van der Waals surface area contributed by atoms with Crippen LogP contribution in [0.25, 0.3) is 0 Å². The Kier molecular flexibility index (Phi) is 7.28. The fourth-order valence-corrected chi connectivity index (χ4v) is 5.10. The molecule has 2 N–H and O–H groups in total. The summed E-state index contributed by atoms with van der Waals surface area (Å²) in [6, 6.07) is 7.65. The predicted octanol–water partition coefficient (Wildman–Crippen LogP) is 4.40. The van der Waals surface area contributed by atoms with Gasteiger partial charge in [-0.25, -0.2) is 13.8 Å². The van der Waals surface area contributed by atoms with Gasteiger partial charge in [-0.2, -0.15) is 4.98 Å². The van der Waals surface area contributed by atoms with Crippen molar-refractivity contribution >= 4 is 11.8 Å². The highest BCUT2D eigenvalue weighted by Crippen LogP contribution is 2.33. The molecule has 2 atom stereocenters. The summed E-state index contributed by atoms with van der Waals surface area (Å²) in [6.07, 6.45) is 1.96. The average Bonchev–Trinajstić information content (AvgIpc) is 3.53. The molecule has 37 heavy (non-hydrogen) atoms. The number of hydrogen-bond acceptors (Lipinski definition) is 8. The standard InChI is InChI=1S/C27H34F2N6O2/c1-16(2)26-32-27(37-33-26)34-10-8-18(9-11-34)15-36-24-6-7-25(31-17(24)3)35-13-21(23(30)14-35)20-12-19(28)4-5-22(20)29/h4-7,12,16,18,21,23H,8-11,13-15,30H2,1-3H3/t21-,23+/m1/s1. The van der Waals surface area contributed by atoms with Crippen molar-refractivity contribution in [2.45, 2.75) is 51.5 Å². The Morgan fingerprint density at radius 1 is 1.08 bits per heavy atom. The number of piperidine rings is 1. The summed E-state index contributed by atoms with van der Waals surface area (Å²) in [7, 11) is 0. The van der Waals surface area contributed by atoms with E-state index in [1.807, 2.05) is 37.8 Å². The molecule has 5 rings (SSSR count). The van der Waals surface area contributed by atoms with Crippen LogP contribution in [0.4, 0.5) is 20.6 Å². The molecule has 0 saturated carbocycles. The second kappa shape index (κ2) is 10.6. The molecular formula is C27H34F2N6O2. The minimum atomic E-state index is -0.460. The van der Waals surface area contributed by atoms with Crippen LogP contribution in [0.3, 0.4) is 0 Å². The van der Waals surface area contributed by atoms with Crippen LogP contribution in [0.5, 0.6) is 5.75 Å². The molecular weight excluding hydrogens is 478 g/mol. The van der Waals surface area contributed by atoms with E-state index in [1.54, 1.807) is 0 Å². The Bertz CT molecular complexity index is 1230. The molecule has 2 aromatic heterocycles. The van der Waals surface area contributed by atoms with Crippen LogP contribution < -0.4 is 20.3 Å². The highest BCUT2D eigenvalue weighted by molar-refractivity contribution is 5.47. The summed E-state index contributed by atoms with van der Waals surface area (Å²) in [5.41, 5.74) is 7.42. The first-order chi connectivity index (χ1) is 17.8. The van der Waals surface area contributed by atoms with Gasteiger partial charge in [0.2, 0.25) is 0 Å². The molecule has 10 heteroatoms. The number of anilines is 2. The van der Waals surface area contributed by atoms with E-state index in [1.165, 1.54) is 6.07 Å². The third kappa shape index (κ3) is 5.53. The normalized spacial score (nSPS) is 20.7. The summed E-state index contributed by atoms with van der Waals surface area (Å²) >= 11 is 0. The van der Waals surface area contributed by atoms with Crippen LogP contribution in [0.2, 0.25) is 0 Å². The van der Waals surface area contributed by atoms with Gasteiger partial charge in [0, 0.05) is 44.1 Å². The Labute approximate surface area is 215 Å². The molecule has 2 aliphatic rings. The smallest absolute Gasteiger partial charge is 0.324 e. The monoisotopic (exact) mass is 512 g/mol. The van der Waals surface area contributed by atoms with Gasteiger partial charge < -0.3 is 24.8 Å². The van der Waals surface area contributed by atoms with Crippen molar-refractivity contribution in [2.75, 3.05) is 42.6 Å². The first kappa shape index (κ1) is 25.4. The fraction of sp³-hybridized carbons (Fsp3) is 0.519. The van der Waals surface area contributed by atoms with E-state index in [9.17, 15) is 8.78 Å². The number of rotatable bonds is 7. The number of pyridine rings is 1. The number of hydrogen-bond donors (Lipinski definition) is 1. The van der Waals surface area contributed by atoms with Crippen LogP contribution in [0.15, 0.2) is 34.9 Å². The summed E-state index contributed by atoms with van der Waals surface area (Å²) in [4.78, 5) is 13.4. The van der Waals surface area contributed by atoms with Crippen molar-refractivity contribution in [3.8, 4) is 5.75 Å². The fourth-order valence-electron chi connectivity index (χ4n) is 5.10. The van der Waals surface area contributed by atoms with Crippen molar-refractivity contribution < 1.29 is 18.0 Å². The van der Waals surface area contributed by atoms with Crippen LogP contribution in [-0.2, 0) is 0 Å². The van der Waals surface area contributed by atoms with E-state index < -0.39 is 11.6 Å². The lowest BCUT2D eigenvalue weighted by Crippen LogP contribution is -2.35. The molecule has 8 nitrogen and oxygen atoms in total. The molecule has 0 bridgehead atoms. The third-order valence-corrected chi connectivity index (χ3v) is 7.38. The van der Waals surface area contributed by atoms with Gasteiger partial charge in [0.15, 0.2) is 5.82 Å². The van der Waals surface area contributed by atoms with Crippen molar-refractivity contribution in [1.82, 2.24) is 15.1 Å². The number of nitrogens with zero attached hydrogens (tertiary/aromatic N) is 5. The van der Waals surface area contributed by atoms with Gasteiger partial charge in [-0.3, -0.25) is 0 Å². The molecule has 4 heterocycles. The molecule has 0 aliphatic carbocycles. The van der Waals surface area contributed by atoms with Gasteiger partial charge in [-0.05, 0) is 61.6 Å². The summed E-state index contributed by atoms with van der Waals surface area (Å²) in [5.74, 6) is 1.73.